The maximum Gasteiger partial charge on any atom is 0.294 e. The summed E-state index contributed by atoms with van der Waals surface area (Å²) in [5.74, 6) is -0.778. The number of aromatic hydroxyl groups is 2. The van der Waals surface area contributed by atoms with E-state index in [4.69, 9.17) is 0 Å². The lowest BCUT2D eigenvalue weighted by Crippen LogP contribution is -1.97. The summed E-state index contributed by atoms with van der Waals surface area (Å²) in [6, 6.07) is 13.2. The van der Waals surface area contributed by atoms with Crippen LogP contribution < -0.4 is 0 Å². The number of phenols is 2. The Bertz CT molecular complexity index is 1520. The normalized spacial score (nSPS) is 12.7. The zero-order chi connectivity index (χ0) is 23.3. The summed E-state index contributed by atoms with van der Waals surface area (Å²) in [4.78, 5) is -1.06. The highest BCUT2D eigenvalue weighted by atomic mass is 32.2. The Labute approximate surface area is 181 Å². The average Bonchev–Trinajstić information content (AvgIpc) is 2.71. The van der Waals surface area contributed by atoms with Crippen LogP contribution in [-0.2, 0) is 20.2 Å². The maximum atomic E-state index is 11.5. The predicted molar refractivity (Wildman–Crippen MR) is 115 cm³/mol. The van der Waals surface area contributed by atoms with Crippen LogP contribution in [-0.4, -0.2) is 36.2 Å². The van der Waals surface area contributed by atoms with E-state index in [1.165, 1.54) is 24.3 Å². The summed E-state index contributed by atoms with van der Waals surface area (Å²) in [7, 11) is -9.19. The van der Waals surface area contributed by atoms with E-state index in [0.29, 0.717) is 0 Å². The van der Waals surface area contributed by atoms with Crippen molar-refractivity contribution in [2.75, 3.05) is 0 Å². The van der Waals surface area contributed by atoms with Gasteiger partial charge in [-0.3, -0.25) is 9.11 Å². The Morgan fingerprint density at radius 3 is 1.28 bits per heavy atom. The smallest absolute Gasteiger partial charge is 0.294 e. The van der Waals surface area contributed by atoms with Gasteiger partial charge in [-0.1, -0.05) is 24.3 Å². The fraction of sp³-hybridized carbons (Fsp3) is 0. The first-order chi connectivity index (χ1) is 14.9. The molecule has 12 heteroatoms. The molecule has 0 atom stereocenters. The van der Waals surface area contributed by atoms with Crippen molar-refractivity contribution in [3.05, 3.63) is 60.7 Å². The molecule has 0 heterocycles. The largest absolute Gasteiger partial charge is 0.507 e. The SMILES string of the molecule is O=S(=O)(O)c1cc(O)c2cccc(/N=N/c3cccc4c(O)cc(S(=O)(=O)O)cc34)c2c1. The van der Waals surface area contributed by atoms with Gasteiger partial charge in [0.25, 0.3) is 20.2 Å². The lowest BCUT2D eigenvalue weighted by Gasteiger charge is -2.08. The molecule has 0 amide bonds. The number of azo groups is 1. The van der Waals surface area contributed by atoms with E-state index in [-0.39, 0.29) is 44.4 Å². The van der Waals surface area contributed by atoms with Gasteiger partial charge in [-0.25, -0.2) is 0 Å². The molecule has 0 fully saturated rings. The number of rotatable bonds is 4. The van der Waals surface area contributed by atoms with E-state index < -0.39 is 30.0 Å². The number of nitrogens with zero attached hydrogens (tertiary/aromatic N) is 2. The Hall–Kier alpha value is -3.58. The van der Waals surface area contributed by atoms with Crippen LogP contribution in [0.3, 0.4) is 0 Å². The van der Waals surface area contributed by atoms with E-state index in [2.05, 4.69) is 10.2 Å². The molecule has 4 aromatic rings. The van der Waals surface area contributed by atoms with Gasteiger partial charge in [0.1, 0.15) is 11.5 Å². The molecule has 0 unspecified atom stereocenters. The van der Waals surface area contributed by atoms with Gasteiger partial charge >= 0.3 is 0 Å². The zero-order valence-electron chi connectivity index (χ0n) is 15.9. The molecule has 0 aliphatic carbocycles. The Balaban J connectivity index is 1.92. The van der Waals surface area contributed by atoms with Crippen molar-refractivity contribution < 1.29 is 36.2 Å². The van der Waals surface area contributed by atoms with Crippen LogP contribution in [0.15, 0.2) is 80.7 Å². The van der Waals surface area contributed by atoms with Gasteiger partial charge in [0.2, 0.25) is 0 Å². The van der Waals surface area contributed by atoms with Crippen LogP contribution in [0, 0.1) is 0 Å². The molecule has 164 valence electrons. The minimum absolute atomic E-state index is 0.149. The van der Waals surface area contributed by atoms with Crippen LogP contribution in [0.4, 0.5) is 11.4 Å². The third kappa shape index (κ3) is 3.99. The minimum atomic E-state index is -4.59. The molecule has 0 saturated carbocycles. The van der Waals surface area contributed by atoms with E-state index in [1.54, 1.807) is 12.1 Å². The van der Waals surface area contributed by atoms with E-state index in [0.717, 1.165) is 24.3 Å². The van der Waals surface area contributed by atoms with E-state index in [9.17, 15) is 36.2 Å². The van der Waals surface area contributed by atoms with Crippen LogP contribution in [0.1, 0.15) is 0 Å². The molecule has 0 saturated heterocycles. The van der Waals surface area contributed by atoms with Crippen molar-refractivity contribution in [3.63, 3.8) is 0 Å². The van der Waals surface area contributed by atoms with Crippen molar-refractivity contribution in [1.29, 1.82) is 0 Å². The maximum absolute atomic E-state index is 11.5. The first-order valence-electron chi connectivity index (χ1n) is 8.83. The molecular weight excluding hydrogens is 460 g/mol. The van der Waals surface area contributed by atoms with Gasteiger partial charge in [-0.15, -0.1) is 10.2 Å². The molecule has 4 aromatic carbocycles. The lowest BCUT2D eigenvalue weighted by atomic mass is 10.1. The van der Waals surface area contributed by atoms with Crippen LogP contribution >= 0.6 is 0 Å². The number of hydrogen-bond acceptors (Lipinski definition) is 8. The molecule has 0 aliphatic heterocycles. The van der Waals surface area contributed by atoms with Crippen molar-refractivity contribution in [1.82, 2.24) is 0 Å². The second-order valence-electron chi connectivity index (χ2n) is 6.78. The molecule has 0 aliphatic rings. The minimum Gasteiger partial charge on any atom is -0.507 e. The molecule has 32 heavy (non-hydrogen) atoms. The third-order valence-electron chi connectivity index (χ3n) is 4.71. The van der Waals surface area contributed by atoms with Gasteiger partial charge in [0, 0.05) is 33.7 Å². The second-order valence-corrected chi connectivity index (χ2v) is 9.62. The van der Waals surface area contributed by atoms with Gasteiger partial charge in [0.15, 0.2) is 0 Å². The van der Waals surface area contributed by atoms with Gasteiger partial charge < -0.3 is 10.2 Å². The molecule has 0 spiro atoms. The number of benzene rings is 4. The summed E-state index contributed by atoms with van der Waals surface area (Å²) in [5, 5.41) is 29.4. The zero-order valence-corrected chi connectivity index (χ0v) is 17.5. The number of phenolic OH excluding ortho intramolecular Hbond substituents is 2. The van der Waals surface area contributed by atoms with Gasteiger partial charge in [-0.05, 0) is 24.3 Å². The number of fused-ring (bicyclic) bond motifs is 2. The van der Waals surface area contributed by atoms with Crippen LogP contribution in [0.2, 0.25) is 0 Å². The highest BCUT2D eigenvalue weighted by Gasteiger charge is 2.16. The Kier molecular flexibility index (Phi) is 5.09. The van der Waals surface area contributed by atoms with Crippen molar-refractivity contribution in [2.24, 2.45) is 10.2 Å². The van der Waals surface area contributed by atoms with E-state index in [1.807, 2.05) is 0 Å². The average molecular weight is 474 g/mol. The Morgan fingerprint density at radius 1 is 0.562 bits per heavy atom. The molecule has 4 N–H and O–H groups in total. The van der Waals surface area contributed by atoms with Crippen molar-refractivity contribution in [3.8, 4) is 11.5 Å². The lowest BCUT2D eigenvalue weighted by molar-refractivity contribution is 0.470. The fourth-order valence-corrected chi connectivity index (χ4v) is 4.28. The summed E-state index contributed by atoms with van der Waals surface area (Å²) in [6.07, 6.45) is 0. The molecule has 10 nitrogen and oxygen atoms in total. The quantitative estimate of drug-likeness (QED) is 0.250. The molecule has 0 radical (unpaired) electrons. The molecular formula is C20H14N2O8S2. The van der Waals surface area contributed by atoms with Crippen LogP contribution in [0.25, 0.3) is 21.5 Å². The second kappa shape index (κ2) is 7.53. The number of hydrogen-bond donors (Lipinski definition) is 4. The van der Waals surface area contributed by atoms with Crippen molar-refractivity contribution >= 4 is 53.2 Å². The first-order valence-corrected chi connectivity index (χ1v) is 11.7. The third-order valence-corrected chi connectivity index (χ3v) is 6.37. The summed E-state index contributed by atoms with van der Waals surface area (Å²) < 4.78 is 64.7. The van der Waals surface area contributed by atoms with E-state index >= 15 is 0 Å². The fourth-order valence-electron chi connectivity index (χ4n) is 3.23. The highest BCUT2D eigenvalue weighted by molar-refractivity contribution is 7.86. The molecule has 4 rings (SSSR count). The predicted octanol–water partition coefficient (Wildman–Crippen LogP) is 4.31. The first kappa shape index (κ1) is 21.6. The van der Waals surface area contributed by atoms with Crippen LogP contribution in [0.5, 0.6) is 11.5 Å². The topological polar surface area (TPSA) is 174 Å². The van der Waals surface area contributed by atoms with Gasteiger partial charge in [-0.2, -0.15) is 16.8 Å². The standard InChI is InChI=1S/C20H14N2O8S2/c23-19-9-11(31(25,26)27)7-15-13(19)3-1-5-17(15)21-22-18-6-2-4-14-16(18)8-12(10-20(14)24)32(28,29)30/h1-10,23-24H,(H,25,26,27)(H,28,29,30)/b22-21+. The highest BCUT2D eigenvalue weighted by Crippen LogP contribution is 2.38. The van der Waals surface area contributed by atoms with Gasteiger partial charge in [0.05, 0.1) is 21.2 Å². The monoisotopic (exact) mass is 474 g/mol. The summed E-state index contributed by atoms with van der Waals surface area (Å²) in [5.41, 5.74) is 0.297. The molecule has 0 aromatic heterocycles. The Morgan fingerprint density at radius 2 is 0.938 bits per heavy atom. The summed E-state index contributed by atoms with van der Waals surface area (Å²) >= 11 is 0. The van der Waals surface area contributed by atoms with Crippen molar-refractivity contribution in [2.45, 2.75) is 9.79 Å². The molecule has 0 bridgehead atoms. The summed E-state index contributed by atoms with van der Waals surface area (Å²) in [6.45, 7) is 0.